The Labute approximate surface area is 407 Å². The van der Waals surface area contributed by atoms with Gasteiger partial charge in [-0.25, -0.2) is 0 Å². The Balaban J connectivity index is 0.000000131. The Morgan fingerprint density at radius 3 is 1.14 bits per heavy atom. The first-order valence-corrected chi connectivity index (χ1v) is 25.2. The summed E-state index contributed by atoms with van der Waals surface area (Å²) >= 11 is 7.19. The zero-order valence-corrected chi connectivity index (χ0v) is 43.3. The lowest BCUT2D eigenvalue weighted by Crippen LogP contribution is -2.41. The van der Waals surface area contributed by atoms with E-state index < -0.39 is 0 Å². The van der Waals surface area contributed by atoms with Gasteiger partial charge >= 0.3 is 21.4 Å². The Kier molecular flexibility index (Phi) is 12.4. The molecule has 0 saturated carbocycles. The van der Waals surface area contributed by atoms with Gasteiger partial charge in [-0.05, 0) is 141 Å². The minimum absolute atomic E-state index is 0.330. The van der Waals surface area contributed by atoms with Crippen molar-refractivity contribution in [3.63, 3.8) is 0 Å². The van der Waals surface area contributed by atoms with E-state index in [-0.39, 0.29) is 55.0 Å². The second-order valence-corrected chi connectivity index (χ2v) is 23.7. The lowest BCUT2D eigenvalue weighted by Gasteiger charge is -2.32. The lowest BCUT2D eigenvalue weighted by molar-refractivity contribution is 0.00578. The number of fused-ring (bicyclic) bond motifs is 6. The molecule has 11 rings (SSSR count). The Morgan fingerprint density at radius 2 is 0.682 bits per heavy atom. The third kappa shape index (κ3) is 8.99. The molecule has 6 nitrogen and oxygen atoms in total. The van der Waals surface area contributed by atoms with Crippen molar-refractivity contribution in [1.29, 1.82) is 0 Å². The van der Waals surface area contributed by atoms with Crippen molar-refractivity contribution in [2.24, 2.45) is 0 Å². The van der Waals surface area contributed by atoms with Crippen LogP contribution in [0.4, 0.5) is 0 Å². The molecule has 12 heteroatoms. The van der Waals surface area contributed by atoms with Gasteiger partial charge < -0.3 is 27.9 Å². The van der Waals surface area contributed by atoms with E-state index in [9.17, 15) is 0 Å². The van der Waals surface area contributed by atoms with Crippen molar-refractivity contribution >= 4 is 117 Å². The molecule has 0 spiro atoms. The van der Waals surface area contributed by atoms with Crippen molar-refractivity contribution in [2.75, 3.05) is 0 Å². The molecule has 6 aromatic carbocycles. The molecule has 0 amide bonds. The van der Waals surface area contributed by atoms with E-state index in [1.54, 1.807) is 0 Å². The van der Waals surface area contributed by atoms with Gasteiger partial charge in [0, 0.05) is 44.8 Å². The van der Waals surface area contributed by atoms with Crippen molar-refractivity contribution < 1.29 is 27.9 Å². The van der Waals surface area contributed by atoms with Gasteiger partial charge in [-0.15, -0.1) is 22.7 Å². The van der Waals surface area contributed by atoms with E-state index in [0.717, 1.165) is 20.9 Å². The average Bonchev–Trinajstić information content (AvgIpc) is 4.00. The molecule has 338 valence electrons. The first-order chi connectivity index (χ1) is 31.0. The minimum Gasteiger partial charge on any atom is -0.399 e. The molecule has 0 N–H and O–H groups in total. The maximum atomic E-state index is 6.23. The molecule has 0 atom stereocenters. The molecule has 3 saturated heterocycles. The van der Waals surface area contributed by atoms with Crippen LogP contribution in [0.3, 0.4) is 0 Å². The van der Waals surface area contributed by atoms with Gasteiger partial charge in [-0.1, -0.05) is 119 Å². The summed E-state index contributed by atoms with van der Waals surface area (Å²) in [5.41, 5.74) is 3.39. The van der Waals surface area contributed by atoms with Crippen molar-refractivity contribution in [3.05, 3.63) is 138 Å². The molecular weight excluding hydrogens is 921 g/mol. The van der Waals surface area contributed by atoms with Crippen LogP contribution in [0.5, 0.6) is 0 Å². The van der Waals surface area contributed by atoms with Crippen LogP contribution >= 0.6 is 38.6 Å². The molecule has 0 bridgehead atoms. The third-order valence-electron chi connectivity index (χ3n) is 14.4. The van der Waals surface area contributed by atoms with Crippen molar-refractivity contribution in [3.8, 4) is 11.1 Å². The Hall–Kier alpha value is -3.81. The van der Waals surface area contributed by atoms with E-state index in [1.807, 2.05) is 40.9 Å². The zero-order valence-electron chi connectivity index (χ0n) is 40.1. The van der Waals surface area contributed by atoms with Crippen LogP contribution < -0.4 is 16.4 Å². The van der Waals surface area contributed by atoms with Gasteiger partial charge in [0.2, 0.25) is 0 Å². The summed E-state index contributed by atoms with van der Waals surface area (Å²) in [7, 11) is -1.09. The fourth-order valence-electron chi connectivity index (χ4n) is 8.26. The molecule has 0 unspecified atom stereocenters. The average molecular weight is 980 g/mol. The first kappa shape index (κ1) is 47.3. The predicted octanol–water partition coefficient (Wildman–Crippen LogP) is 13.1. The number of thiophene rings is 2. The van der Waals surface area contributed by atoms with Gasteiger partial charge in [0.1, 0.15) is 0 Å². The summed E-state index contributed by atoms with van der Waals surface area (Å²) in [6, 6.07) is 47.0. The van der Waals surface area contributed by atoms with E-state index >= 15 is 0 Å². The predicted molar refractivity (Wildman–Crippen MR) is 285 cm³/mol. The smallest absolute Gasteiger partial charge is 0.399 e. The molecule has 3 fully saturated rings. The molecule has 3 aliphatic heterocycles. The SMILES string of the molecule is Brc1ccc2c(c1)sc1ccccc12.CC1(C)OB(c2cccc(-c3ccc4c(c3)sc3ccccc34)c2)OC1(C)C.CC1(C)OB(c2cccc(B3OC(C)(C)C(C)(C)O3)c2)OC1(C)C. The molecule has 3 aliphatic rings. The maximum Gasteiger partial charge on any atom is 0.494 e. The highest BCUT2D eigenvalue weighted by Gasteiger charge is 2.54. The number of benzene rings is 6. The topological polar surface area (TPSA) is 55.4 Å². The van der Waals surface area contributed by atoms with Crippen molar-refractivity contribution in [2.45, 2.75) is 117 Å². The molecule has 0 aliphatic carbocycles. The summed E-state index contributed by atoms with van der Waals surface area (Å²) in [5, 5.41) is 5.38. The highest BCUT2D eigenvalue weighted by Crippen LogP contribution is 2.40. The van der Waals surface area contributed by atoms with E-state index in [0.29, 0.717) is 0 Å². The molecule has 2 aromatic heterocycles. The van der Waals surface area contributed by atoms with Gasteiger partial charge in [-0.3, -0.25) is 0 Å². The molecule has 5 heterocycles. The zero-order chi connectivity index (χ0) is 47.0. The highest BCUT2D eigenvalue weighted by atomic mass is 79.9. The third-order valence-corrected chi connectivity index (χ3v) is 17.2. The summed E-state index contributed by atoms with van der Waals surface area (Å²) in [5.74, 6) is 0. The largest absolute Gasteiger partial charge is 0.494 e. The summed E-state index contributed by atoms with van der Waals surface area (Å²) in [6.07, 6.45) is 0. The quantitative estimate of drug-likeness (QED) is 0.164. The normalized spacial score (nSPS) is 19.9. The van der Waals surface area contributed by atoms with Crippen LogP contribution in [0.25, 0.3) is 51.5 Å². The minimum atomic E-state index is -0.377. The Morgan fingerprint density at radius 1 is 0.333 bits per heavy atom. The molecular formula is C54H58B3BrO6S2. The maximum absolute atomic E-state index is 6.23. The number of hydrogen-bond acceptors (Lipinski definition) is 8. The first-order valence-electron chi connectivity index (χ1n) is 22.8. The van der Waals surface area contributed by atoms with Gasteiger partial charge in [0.05, 0.1) is 33.6 Å². The van der Waals surface area contributed by atoms with Crippen LogP contribution in [-0.4, -0.2) is 55.0 Å². The second kappa shape index (κ2) is 17.3. The van der Waals surface area contributed by atoms with Crippen LogP contribution in [0.1, 0.15) is 83.1 Å². The lowest BCUT2D eigenvalue weighted by atomic mass is 9.72. The molecule has 66 heavy (non-hydrogen) atoms. The van der Waals surface area contributed by atoms with E-state index in [1.165, 1.54) is 51.5 Å². The number of halogens is 1. The van der Waals surface area contributed by atoms with Crippen molar-refractivity contribution in [1.82, 2.24) is 0 Å². The summed E-state index contributed by atoms with van der Waals surface area (Å²) < 4.78 is 43.6. The van der Waals surface area contributed by atoms with Gasteiger partial charge in [0.25, 0.3) is 0 Å². The van der Waals surface area contributed by atoms with Gasteiger partial charge in [-0.2, -0.15) is 0 Å². The van der Waals surface area contributed by atoms with Crippen LogP contribution in [0, 0.1) is 0 Å². The summed E-state index contributed by atoms with van der Waals surface area (Å²) in [6.45, 7) is 24.8. The fourth-order valence-corrected chi connectivity index (χ4v) is 11.1. The summed E-state index contributed by atoms with van der Waals surface area (Å²) in [4.78, 5) is 0. The highest BCUT2D eigenvalue weighted by molar-refractivity contribution is 9.10. The number of rotatable bonds is 4. The van der Waals surface area contributed by atoms with Gasteiger partial charge in [0.15, 0.2) is 0 Å². The van der Waals surface area contributed by atoms with Crippen LogP contribution in [0.15, 0.2) is 138 Å². The Bertz CT molecular complexity index is 2980. The van der Waals surface area contributed by atoms with E-state index in [4.69, 9.17) is 27.9 Å². The fraction of sp³-hybridized carbons (Fsp3) is 0.333. The standard InChI is InChI=1S/C24H23BO2S.C18H28B2O4.C12H7BrS/c1-23(2)24(3,4)27-25(26-23)18-9-7-8-16(14-18)17-12-13-20-19-10-5-6-11-21(19)28-22(20)15-17;1-15(2)16(3,4)22-19(21-15)13-10-9-11-14(12-13)20-23-17(5,6)18(7,8)24-20;13-8-5-6-10-9-3-1-2-4-11(9)14-12(10)7-8/h5-15H,1-4H3;9-12H,1-8H3;1-7H. The second-order valence-electron chi connectivity index (χ2n) is 20.6. The van der Waals surface area contributed by atoms with Crippen LogP contribution in [-0.2, 0) is 27.9 Å². The van der Waals surface area contributed by atoms with E-state index in [2.05, 4.69) is 214 Å². The molecule has 8 aromatic rings. The monoisotopic (exact) mass is 978 g/mol. The number of hydrogen-bond donors (Lipinski definition) is 0. The van der Waals surface area contributed by atoms with Crippen LogP contribution in [0.2, 0.25) is 0 Å². The molecule has 0 radical (unpaired) electrons.